The van der Waals surface area contributed by atoms with Gasteiger partial charge in [-0.25, -0.2) is 0 Å². The van der Waals surface area contributed by atoms with E-state index in [-0.39, 0.29) is 5.38 Å². The van der Waals surface area contributed by atoms with Crippen molar-refractivity contribution in [3.05, 3.63) is 17.0 Å². The van der Waals surface area contributed by atoms with Crippen LogP contribution in [0.5, 0.6) is 0 Å². The average molecular weight is 257 g/mol. The maximum Gasteiger partial charge on any atom is 0.0671 e. The molecule has 1 unspecified atom stereocenters. The molecule has 98 valence electrons. The first-order valence-corrected chi connectivity index (χ1v) is 7.21. The third-order valence-electron chi connectivity index (χ3n) is 3.05. The summed E-state index contributed by atoms with van der Waals surface area (Å²) in [5, 5.41) is 4.85. The third kappa shape index (κ3) is 3.25. The number of halogens is 1. The van der Waals surface area contributed by atoms with Gasteiger partial charge in [0.1, 0.15) is 0 Å². The van der Waals surface area contributed by atoms with Gasteiger partial charge in [0, 0.05) is 17.8 Å². The van der Waals surface area contributed by atoms with Crippen molar-refractivity contribution in [2.75, 3.05) is 0 Å². The van der Waals surface area contributed by atoms with Gasteiger partial charge in [0.25, 0.3) is 0 Å². The molecule has 0 spiro atoms. The minimum Gasteiger partial charge on any atom is -0.269 e. The number of hydrogen-bond acceptors (Lipinski definition) is 1. The monoisotopic (exact) mass is 256 g/mol. The normalized spacial score (nSPS) is 13.4. The highest BCUT2D eigenvalue weighted by molar-refractivity contribution is 6.20. The van der Waals surface area contributed by atoms with Crippen molar-refractivity contribution in [3.63, 3.8) is 0 Å². The summed E-state index contributed by atoms with van der Waals surface area (Å²) in [6.07, 6.45) is 2.95. The van der Waals surface area contributed by atoms with Crippen molar-refractivity contribution < 1.29 is 0 Å². The molecule has 0 amide bonds. The number of hydrogen-bond donors (Lipinski definition) is 0. The first kappa shape index (κ1) is 14.6. The topological polar surface area (TPSA) is 17.8 Å². The van der Waals surface area contributed by atoms with Crippen molar-refractivity contribution in [2.24, 2.45) is 5.92 Å². The maximum atomic E-state index is 6.46. The highest BCUT2D eigenvalue weighted by Gasteiger charge is 2.20. The Balaban J connectivity index is 3.20. The summed E-state index contributed by atoms with van der Waals surface area (Å²) in [4.78, 5) is 0. The van der Waals surface area contributed by atoms with E-state index in [2.05, 4.69) is 39.3 Å². The van der Waals surface area contributed by atoms with Crippen molar-refractivity contribution in [1.29, 1.82) is 0 Å². The fourth-order valence-electron chi connectivity index (χ4n) is 2.26. The van der Waals surface area contributed by atoms with E-state index in [9.17, 15) is 0 Å². The molecule has 0 radical (unpaired) electrons. The number of aryl methyl sites for hydroxylation is 1. The quantitative estimate of drug-likeness (QED) is 0.692. The standard InChI is InChI=1S/C14H25ClN2/c1-6-11(15)14-12(7-2)16-17(9-10(4)5)13(14)8-3/h10-11H,6-9H2,1-5H3. The van der Waals surface area contributed by atoms with E-state index >= 15 is 0 Å². The number of aromatic nitrogens is 2. The van der Waals surface area contributed by atoms with Crippen LogP contribution in [0.4, 0.5) is 0 Å². The van der Waals surface area contributed by atoms with Gasteiger partial charge in [-0.15, -0.1) is 11.6 Å². The fourth-order valence-corrected chi connectivity index (χ4v) is 2.51. The van der Waals surface area contributed by atoms with Gasteiger partial charge in [-0.3, -0.25) is 4.68 Å². The van der Waals surface area contributed by atoms with Crippen LogP contribution < -0.4 is 0 Å². The summed E-state index contributed by atoms with van der Waals surface area (Å²) in [6, 6.07) is 0. The Kier molecular flexibility index (Phi) is 5.51. The van der Waals surface area contributed by atoms with E-state index < -0.39 is 0 Å². The first-order chi connectivity index (χ1) is 8.04. The zero-order chi connectivity index (χ0) is 13.0. The number of rotatable bonds is 6. The molecular weight excluding hydrogens is 232 g/mol. The fraction of sp³-hybridized carbons (Fsp3) is 0.786. The Morgan fingerprint density at radius 1 is 1.18 bits per heavy atom. The molecule has 17 heavy (non-hydrogen) atoms. The smallest absolute Gasteiger partial charge is 0.0671 e. The lowest BCUT2D eigenvalue weighted by molar-refractivity contribution is 0.466. The van der Waals surface area contributed by atoms with Crippen molar-refractivity contribution in [1.82, 2.24) is 9.78 Å². The van der Waals surface area contributed by atoms with Gasteiger partial charge in [0.15, 0.2) is 0 Å². The van der Waals surface area contributed by atoms with E-state index in [4.69, 9.17) is 16.7 Å². The molecule has 0 saturated carbocycles. The largest absolute Gasteiger partial charge is 0.269 e. The zero-order valence-electron chi connectivity index (χ0n) is 11.8. The summed E-state index contributed by atoms with van der Waals surface area (Å²) >= 11 is 6.46. The van der Waals surface area contributed by atoms with Crippen LogP contribution >= 0.6 is 11.6 Å². The van der Waals surface area contributed by atoms with E-state index in [1.165, 1.54) is 17.0 Å². The predicted octanol–water partition coefficient (Wildman–Crippen LogP) is 4.35. The highest BCUT2D eigenvalue weighted by atomic mass is 35.5. The summed E-state index contributed by atoms with van der Waals surface area (Å²) in [5.41, 5.74) is 3.81. The second kappa shape index (κ2) is 6.44. The molecule has 1 aromatic heterocycles. The summed E-state index contributed by atoms with van der Waals surface area (Å²) in [6.45, 7) is 11.9. The van der Waals surface area contributed by atoms with Crippen LogP contribution in [0.25, 0.3) is 0 Å². The summed E-state index contributed by atoms with van der Waals surface area (Å²) < 4.78 is 2.17. The minimum atomic E-state index is 0.112. The molecule has 0 saturated heterocycles. The molecule has 1 rings (SSSR count). The molecule has 1 atom stereocenters. The van der Waals surface area contributed by atoms with Gasteiger partial charge < -0.3 is 0 Å². The molecule has 0 aliphatic carbocycles. The van der Waals surface area contributed by atoms with E-state index in [1.807, 2.05) is 0 Å². The molecule has 1 aromatic rings. The summed E-state index contributed by atoms with van der Waals surface area (Å²) in [7, 11) is 0. The van der Waals surface area contributed by atoms with Crippen LogP contribution in [-0.4, -0.2) is 9.78 Å². The molecule has 0 bridgehead atoms. The van der Waals surface area contributed by atoms with Gasteiger partial charge in [-0.05, 0) is 25.2 Å². The Labute approximate surface area is 110 Å². The lowest BCUT2D eigenvalue weighted by Crippen LogP contribution is -2.10. The van der Waals surface area contributed by atoms with Gasteiger partial charge in [-0.2, -0.15) is 5.10 Å². The third-order valence-corrected chi connectivity index (χ3v) is 3.58. The van der Waals surface area contributed by atoms with Crippen molar-refractivity contribution >= 4 is 11.6 Å². The Bertz CT molecular complexity index is 355. The van der Waals surface area contributed by atoms with Crippen LogP contribution in [0.3, 0.4) is 0 Å². The Morgan fingerprint density at radius 2 is 1.82 bits per heavy atom. The number of alkyl halides is 1. The lowest BCUT2D eigenvalue weighted by atomic mass is 10.0. The predicted molar refractivity (Wildman–Crippen MR) is 74.7 cm³/mol. The lowest BCUT2D eigenvalue weighted by Gasteiger charge is -2.12. The van der Waals surface area contributed by atoms with Gasteiger partial charge in [0.05, 0.1) is 11.1 Å². The molecule has 0 fully saturated rings. The van der Waals surface area contributed by atoms with Crippen LogP contribution in [0.1, 0.15) is 63.4 Å². The van der Waals surface area contributed by atoms with E-state index in [1.54, 1.807) is 0 Å². The molecule has 0 N–H and O–H groups in total. The minimum absolute atomic E-state index is 0.112. The zero-order valence-corrected chi connectivity index (χ0v) is 12.5. The molecule has 2 nitrogen and oxygen atoms in total. The molecule has 0 aliphatic heterocycles. The average Bonchev–Trinajstić information content (AvgIpc) is 2.64. The van der Waals surface area contributed by atoms with Crippen molar-refractivity contribution in [2.45, 2.75) is 65.8 Å². The van der Waals surface area contributed by atoms with Crippen LogP contribution in [0, 0.1) is 5.92 Å². The molecule has 3 heteroatoms. The van der Waals surface area contributed by atoms with Gasteiger partial charge in [0.2, 0.25) is 0 Å². The van der Waals surface area contributed by atoms with Crippen molar-refractivity contribution in [3.8, 4) is 0 Å². The maximum absolute atomic E-state index is 6.46. The molecule has 0 aliphatic rings. The Hall–Kier alpha value is -0.500. The van der Waals surface area contributed by atoms with E-state index in [0.717, 1.165) is 25.8 Å². The highest BCUT2D eigenvalue weighted by Crippen LogP contribution is 2.31. The SMILES string of the molecule is CCc1nn(CC(C)C)c(CC)c1C(Cl)CC. The van der Waals surface area contributed by atoms with Gasteiger partial charge >= 0.3 is 0 Å². The molecule has 1 heterocycles. The summed E-state index contributed by atoms with van der Waals surface area (Å²) in [5.74, 6) is 0.619. The van der Waals surface area contributed by atoms with Crippen LogP contribution in [0.2, 0.25) is 0 Å². The van der Waals surface area contributed by atoms with Crippen LogP contribution in [-0.2, 0) is 19.4 Å². The van der Waals surface area contributed by atoms with Gasteiger partial charge in [-0.1, -0.05) is 34.6 Å². The van der Waals surface area contributed by atoms with E-state index in [0.29, 0.717) is 5.92 Å². The molecule has 0 aromatic carbocycles. The second-order valence-corrected chi connectivity index (χ2v) is 5.49. The number of nitrogens with zero attached hydrogens (tertiary/aromatic N) is 2. The Morgan fingerprint density at radius 3 is 2.24 bits per heavy atom. The first-order valence-electron chi connectivity index (χ1n) is 6.77. The van der Waals surface area contributed by atoms with Crippen LogP contribution in [0.15, 0.2) is 0 Å². The second-order valence-electron chi connectivity index (χ2n) is 4.97. The molecular formula is C14H25ClN2.